The number of nitrogens with one attached hydrogen (secondary N) is 1. The quantitative estimate of drug-likeness (QED) is 0.826. The van der Waals surface area contributed by atoms with Gasteiger partial charge in [-0.25, -0.2) is 0 Å². The summed E-state index contributed by atoms with van der Waals surface area (Å²) in [7, 11) is 1.58. The molecule has 0 spiro atoms. The number of carbonyl (C=O) groups excluding carboxylic acids is 2. The van der Waals surface area contributed by atoms with Crippen molar-refractivity contribution in [2.75, 3.05) is 7.11 Å². The first-order chi connectivity index (χ1) is 8.86. The van der Waals surface area contributed by atoms with Crippen molar-refractivity contribution in [3.63, 3.8) is 0 Å². The molecule has 0 radical (unpaired) electrons. The summed E-state index contributed by atoms with van der Waals surface area (Å²) < 4.78 is 5.11. The van der Waals surface area contributed by atoms with E-state index in [0.29, 0.717) is 5.75 Å². The Balaban J connectivity index is 2.66. The van der Waals surface area contributed by atoms with Crippen molar-refractivity contribution in [3.8, 4) is 5.75 Å². The minimum absolute atomic E-state index is 0.166. The van der Waals surface area contributed by atoms with Crippen LogP contribution in [0.2, 0.25) is 0 Å². The second-order valence-electron chi connectivity index (χ2n) is 5.58. The largest absolute Gasteiger partial charge is 0.497 e. The Morgan fingerprint density at radius 3 is 2.63 bits per heavy atom. The number of methoxy groups -OCH3 is 1. The van der Waals surface area contributed by atoms with Crippen LogP contribution in [0, 0.1) is 5.41 Å². The van der Waals surface area contributed by atoms with Gasteiger partial charge in [0.15, 0.2) is 0 Å². The predicted octanol–water partition coefficient (Wildman–Crippen LogP) is 1.97. The highest BCUT2D eigenvalue weighted by Crippen LogP contribution is 2.18. The summed E-state index contributed by atoms with van der Waals surface area (Å²) in [6.45, 7) is 5.74. The summed E-state index contributed by atoms with van der Waals surface area (Å²) in [5.74, 6) is 0.549. The van der Waals surface area contributed by atoms with Crippen LogP contribution in [0.3, 0.4) is 0 Å². The van der Waals surface area contributed by atoms with E-state index in [1.54, 1.807) is 7.11 Å². The van der Waals surface area contributed by atoms with E-state index in [4.69, 9.17) is 4.74 Å². The van der Waals surface area contributed by atoms with E-state index in [9.17, 15) is 9.59 Å². The third kappa shape index (κ3) is 4.73. The monoisotopic (exact) mass is 263 g/mol. The molecule has 0 aromatic heterocycles. The topological polar surface area (TPSA) is 55.4 Å². The predicted molar refractivity (Wildman–Crippen MR) is 74.1 cm³/mol. The first kappa shape index (κ1) is 15.2. The zero-order valence-corrected chi connectivity index (χ0v) is 11.9. The average Bonchev–Trinajstić information content (AvgIpc) is 2.34. The summed E-state index contributed by atoms with van der Waals surface area (Å²) in [6.07, 6.45) is 1.01. The van der Waals surface area contributed by atoms with Gasteiger partial charge in [0.05, 0.1) is 19.6 Å². The van der Waals surface area contributed by atoms with Crippen molar-refractivity contribution in [1.29, 1.82) is 0 Å². The third-order valence-corrected chi connectivity index (χ3v) is 2.88. The molecule has 0 aliphatic heterocycles. The zero-order valence-electron chi connectivity index (χ0n) is 11.9. The molecular formula is C15H21NO3. The molecule has 0 bridgehead atoms. The third-order valence-electron chi connectivity index (χ3n) is 2.88. The smallest absolute Gasteiger partial charge is 0.225 e. The Morgan fingerprint density at radius 1 is 1.42 bits per heavy atom. The van der Waals surface area contributed by atoms with Crippen molar-refractivity contribution in [2.24, 2.45) is 5.41 Å². The minimum Gasteiger partial charge on any atom is -0.497 e. The minimum atomic E-state index is -0.481. The highest BCUT2D eigenvalue weighted by Gasteiger charge is 2.25. The maximum atomic E-state index is 11.9. The van der Waals surface area contributed by atoms with Gasteiger partial charge in [-0.2, -0.15) is 0 Å². The Kier molecular flexibility index (Phi) is 5.10. The molecule has 104 valence electrons. The Bertz CT molecular complexity index is 449. The van der Waals surface area contributed by atoms with Gasteiger partial charge in [0.2, 0.25) is 5.91 Å². The fraction of sp³-hybridized carbons (Fsp3) is 0.467. The van der Waals surface area contributed by atoms with E-state index in [1.165, 1.54) is 0 Å². The lowest BCUT2D eigenvalue weighted by molar-refractivity contribution is -0.125. The van der Waals surface area contributed by atoms with Gasteiger partial charge in [0, 0.05) is 0 Å². The van der Waals surface area contributed by atoms with Gasteiger partial charge in [-0.1, -0.05) is 32.9 Å². The molecule has 1 atom stereocenters. The molecule has 4 heteroatoms. The summed E-state index contributed by atoms with van der Waals surface area (Å²) >= 11 is 0. The normalized spacial score (nSPS) is 12.6. The molecule has 1 aromatic rings. The van der Waals surface area contributed by atoms with E-state index in [1.807, 2.05) is 45.0 Å². The van der Waals surface area contributed by atoms with E-state index in [0.717, 1.165) is 11.8 Å². The van der Waals surface area contributed by atoms with Gasteiger partial charge in [0.25, 0.3) is 0 Å². The van der Waals surface area contributed by atoms with Crippen molar-refractivity contribution >= 4 is 12.2 Å². The number of hydrogen-bond donors (Lipinski definition) is 1. The zero-order chi connectivity index (χ0) is 14.5. The Morgan fingerprint density at radius 2 is 2.11 bits per heavy atom. The van der Waals surface area contributed by atoms with Crippen LogP contribution in [0.5, 0.6) is 5.75 Å². The first-order valence-electron chi connectivity index (χ1n) is 6.24. The van der Waals surface area contributed by atoms with Gasteiger partial charge in [-0.15, -0.1) is 0 Å². The standard InChI is InChI=1S/C15H21NO3/c1-15(2,3)13(10-17)16-14(18)9-11-6-5-7-12(8-11)19-4/h5-8,10,13H,9H2,1-4H3,(H,16,18). The molecule has 1 N–H and O–H groups in total. The van der Waals surface area contributed by atoms with Crippen molar-refractivity contribution < 1.29 is 14.3 Å². The van der Waals surface area contributed by atoms with E-state index in [2.05, 4.69) is 5.32 Å². The maximum Gasteiger partial charge on any atom is 0.225 e. The molecule has 0 aliphatic rings. The SMILES string of the molecule is COc1cccc(CC(=O)NC(C=O)C(C)(C)C)c1. The van der Waals surface area contributed by atoms with Crippen LogP contribution in [0.4, 0.5) is 0 Å². The molecule has 0 saturated heterocycles. The number of rotatable bonds is 5. The number of ether oxygens (including phenoxy) is 1. The number of hydrogen-bond acceptors (Lipinski definition) is 3. The van der Waals surface area contributed by atoms with Gasteiger partial charge in [0.1, 0.15) is 12.0 Å². The van der Waals surface area contributed by atoms with Crippen molar-refractivity contribution in [1.82, 2.24) is 5.32 Å². The molecule has 1 aromatic carbocycles. The summed E-state index contributed by atoms with van der Waals surface area (Å²) in [4.78, 5) is 22.9. The summed E-state index contributed by atoms with van der Waals surface area (Å²) in [5.41, 5.74) is 0.571. The Labute approximate surface area is 114 Å². The molecule has 1 amide bonds. The molecule has 19 heavy (non-hydrogen) atoms. The van der Waals surface area contributed by atoms with Crippen LogP contribution in [-0.2, 0) is 16.0 Å². The summed E-state index contributed by atoms with van der Waals surface area (Å²) in [5, 5.41) is 2.74. The molecule has 0 saturated carbocycles. The molecule has 0 fully saturated rings. The highest BCUT2D eigenvalue weighted by atomic mass is 16.5. The average molecular weight is 263 g/mol. The molecule has 1 rings (SSSR count). The number of benzene rings is 1. The van der Waals surface area contributed by atoms with Crippen LogP contribution in [0.25, 0.3) is 0 Å². The lowest BCUT2D eigenvalue weighted by atomic mass is 9.87. The van der Waals surface area contributed by atoms with Crippen molar-refractivity contribution in [2.45, 2.75) is 33.2 Å². The van der Waals surface area contributed by atoms with Gasteiger partial charge >= 0.3 is 0 Å². The second kappa shape index (κ2) is 6.36. The van der Waals surface area contributed by atoms with E-state index < -0.39 is 6.04 Å². The molecule has 4 nitrogen and oxygen atoms in total. The highest BCUT2D eigenvalue weighted by molar-refractivity contribution is 5.82. The number of amides is 1. The van der Waals surface area contributed by atoms with Crippen LogP contribution in [0.15, 0.2) is 24.3 Å². The molecule has 1 unspecified atom stereocenters. The van der Waals surface area contributed by atoms with E-state index in [-0.39, 0.29) is 17.7 Å². The number of aldehydes is 1. The van der Waals surface area contributed by atoms with Crippen LogP contribution < -0.4 is 10.1 Å². The first-order valence-corrected chi connectivity index (χ1v) is 6.24. The fourth-order valence-electron chi connectivity index (χ4n) is 1.65. The van der Waals surface area contributed by atoms with Crippen LogP contribution in [0.1, 0.15) is 26.3 Å². The number of carbonyl (C=O) groups is 2. The van der Waals surface area contributed by atoms with Crippen LogP contribution in [-0.4, -0.2) is 25.3 Å². The summed E-state index contributed by atoms with van der Waals surface area (Å²) in [6, 6.07) is 6.85. The lowest BCUT2D eigenvalue weighted by Crippen LogP contribution is -2.45. The Hall–Kier alpha value is -1.84. The fourth-order valence-corrected chi connectivity index (χ4v) is 1.65. The van der Waals surface area contributed by atoms with Crippen LogP contribution >= 0.6 is 0 Å². The maximum absolute atomic E-state index is 11.9. The molecule has 0 heterocycles. The second-order valence-corrected chi connectivity index (χ2v) is 5.58. The van der Waals surface area contributed by atoms with Gasteiger partial charge in [-0.3, -0.25) is 4.79 Å². The lowest BCUT2D eigenvalue weighted by Gasteiger charge is -2.26. The van der Waals surface area contributed by atoms with Crippen molar-refractivity contribution in [3.05, 3.63) is 29.8 Å². The van der Waals surface area contributed by atoms with E-state index >= 15 is 0 Å². The van der Waals surface area contributed by atoms with Gasteiger partial charge < -0.3 is 14.8 Å². The molecule has 0 aliphatic carbocycles. The van der Waals surface area contributed by atoms with Gasteiger partial charge in [-0.05, 0) is 23.1 Å². The molecular weight excluding hydrogens is 242 g/mol.